The lowest BCUT2D eigenvalue weighted by Crippen LogP contribution is -1.85. The van der Waals surface area contributed by atoms with E-state index in [-0.39, 0.29) is 0 Å². The predicted molar refractivity (Wildman–Crippen MR) is 58.9 cm³/mol. The number of nitrogens with zero attached hydrogens (tertiary/aromatic N) is 2. The Labute approximate surface area is 92.3 Å². The van der Waals surface area contributed by atoms with Gasteiger partial charge in [0.2, 0.25) is 0 Å². The lowest BCUT2D eigenvalue weighted by Gasteiger charge is -1.91. The van der Waals surface area contributed by atoms with Crippen molar-refractivity contribution in [1.82, 2.24) is 15.1 Å². The van der Waals surface area contributed by atoms with E-state index < -0.39 is 0 Å². The molecule has 0 aliphatic rings. The van der Waals surface area contributed by atoms with Crippen LogP contribution >= 0.6 is 12.2 Å². The first-order valence-electron chi connectivity index (χ1n) is 4.81. The van der Waals surface area contributed by atoms with Crippen LogP contribution in [0.25, 0.3) is 11.5 Å². The summed E-state index contributed by atoms with van der Waals surface area (Å²) in [6.45, 7) is 2.08. The first-order chi connectivity index (χ1) is 7.29. The number of rotatable bonds is 3. The van der Waals surface area contributed by atoms with Crippen molar-refractivity contribution in [3.05, 3.63) is 28.8 Å². The van der Waals surface area contributed by atoms with Crippen molar-refractivity contribution >= 4 is 12.2 Å². The van der Waals surface area contributed by atoms with Gasteiger partial charge in [-0.2, -0.15) is 4.98 Å². The molecule has 2 aromatic rings. The van der Waals surface area contributed by atoms with Crippen LogP contribution in [0.3, 0.4) is 0 Å². The first-order valence-corrected chi connectivity index (χ1v) is 5.22. The van der Waals surface area contributed by atoms with E-state index in [9.17, 15) is 0 Å². The topological polar surface area (TPSA) is 54.7 Å². The van der Waals surface area contributed by atoms with Crippen LogP contribution in [0, 0.1) is 4.64 Å². The molecule has 4 nitrogen and oxygen atoms in total. The summed E-state index contributed by atoms with van der Waals surface area (Å²) >= 11 is 5.01. The van der Waals surface area contributed by atoms with Gasteiger partial charge < -0.3 is 9.51 Å². The Balaban J connectivity index is 2.33. The second kappa shape index (κ2) is 4.35. The fraction of sp³-hybridized carbons (Fsp3) is 0.300. The highest BCUT2D eigenvalue weighted by molar-refractivity contribution is 7.71. The van der Waals surface area contributed by atoms with Crippen LogP contribution in [0.15, 0.2) is 22.9 Å². The third kappa shape index (κ3) is 2.30. The van der Waals surface area contributed by atoms with Gasteiger partial charge in [0.15, 0.2) is 5.82 Å². The molecule has 0 saturated carbocycles. The van der Waals surface area contributed by atoms with Gasteiger partial charge in [-0.15, -0.1) is 0 Å². The monoisotopic (exact) mass is 221 g/mol. The molecule has 0 bridgehead atoms. The van der Waals surface area contributed by atoms with Gasteiger partial charge in [0.25, 0.3) is 5.89 Å². The summed E-state index contributed by atoms with van der Waals surface area (Å²) in [6, 6.07) is 3.66. The number of aromatic nitrogens is 3. The van der Waals surface area contributed by atoms with E-state index in [1.165, 1.54) is 0 Å². The number of aromatic amines is 1. The van der Waals surface area contributed by atoms with Gasteiger partial charge >= 0.3 is 0 Å². The summed E-state index contributed by atoms with van der Waals surface area (Å²) in [7, 11) is 0. The lowest BCUT2D eigenvalue weighted by atomic mass is 10.3. The smallest absolute Gasteiger partial charge is 0.258 e. The van der Waals surface area contributed by atoms with Crippen molar-refractivity contribution in [2.45, 2.75) is 19.8 Å². The molecule has 78 valence electrons. The van der Waals surface area contributed by atoms with Gasteiger partial charge in [-0.05, 0) is 18.6 Å². The molecule has 0 aliphatic carbocycles. The maximum Gasteiger partial charge on any atom is 0.258 e. The summed E-state index contributed by atoms with van der Waals surface area (Å²) in [4.78, 5) is 7.17. The zero-order valence-corrected chi connectivity index (χ0v) is 9.17. The molecule has 0 radical (unpaired) electrons. The highest BCUT2D eigenvalue weighted by Crippen LogP contribution is 2.16. The van der Waals surface area contributed by atoms with Gasteiger partial charge in [0.05, 0.1) is 0 Å². The quantitative estimate of drug-likeness (QED) is 0.810. The Morgan fingerprint density at radius 3 is 3.13 bits per heavy atom. The average Bonchev–Trinajstić information content (AvgIpc) is 2.67. The molecule has 0 saturated heterocycles. The summed E-state index contributed by atoms with van der Waals surface area (Å²) < 4.78 is 5.79. The highest BCUT2D eigenvalue weighted by Gasteiger charge is 2.07. The minimum atomic E-state index is 0.526. The van der Waals surface area contributed by atoms with Gasteiger partial charge in [0, 0.05) is 18.2 Å². The number of hydrogen-bond donors (Lipinski definition) is 1. The molecule has 0 amide bonds. The van der Waals surface area contributed by atoms with Crippen molar-refractivity contribution in [3.8, 4) is 11.5 Å². The third-order valence-corrected chi connectivity index (χ3v) is 2.20. The zero-order chi connectivity index (χ0) is 10.7. The largest absolute Gasteiger partial charge is 0.353 e. The number of H-pyrrole nitrogens is 1. The van der Waals surface area contributed by atoms with Crippen LogP contribution in [0.4, 0.5) is 0 Å². The fourth-order valence-corrected chi connectivity index (χ4v) is 1.47. The molecule has 2 aromatic heterocycles. The molecule has 0 atom stereocenters. The zero-order valence-electron chi connectivity index (χ0n) is 8.36. The summed E-state index contributed by atoms with van der Waals surface area (Å²) in [5.74, 6) is 1.27. The molecule has 0 aromatic carbocycles. The standard InChI is InChI=1S/C10H11N3OS/c1-2-3-8-12-10(14-13-8)7-4-5-11-9(15)6-7/h4-6H,2-3H2,1H3,(H,11,15). The molecule has 2 rings (SSSR count). The number of nitrogens with one attached hydrogen (secondary N) is 1. The van der Waals surface area contributed by atoms with Crippen molar-refractivity contribution in [2.24, 2.45) is 0 Å². The molecule has 5 heteroatoms. The third-order valence-electron chi connectivity index (χ3n) is 1.96. The van der Waals surface area contributed by atoms with E-state index in [4.69, 9.17) is 16.7 Å². The molecular weight excluding hydrogens is 210 g/mol. The fourth-order valence-electron chi connectivity index (χ4n) is 1.27. The Morgan fingerprint density at radius 1 is 1.53 bits per heavy atom. The van der Waals surface area contributed by atoms with E-state index in [2.05, 4.69) is 22.0 Å². The lowest BCUT2D eigenvalue weighted by molar-refractivity contribution is 0.422. The normalized spacial score (nSPS) is 10.5. The minimum absolute atomic E-state index is 0.526. The van der Waals surface area contributed by atoms with Gasteiger partial charge in [-0.1, -0.05) is 24.3 Å². The second-order valence-electron chi connectivity index (χ2n) is 3.21. The van der Waals surface area contributed by atoms with E-state index in [0.29, 0.717) is 10.5 Å². The molecular formula is C10H11N3OS. The Bertz CT molecular complexity index is 503. The van der Waals surface area contributed by atoms with E-state index in [1.807, 2.05) is 6.07 Å². The Kier molecular flexibility index (Phi) is 2.91. The molecule has 0 unspecified atom stereocenters. The van der Waals surface area contributed by atoms with Crippen LogP contribution in [-0.4, -0.2) is 15.1 Å². The van der Waals surface area contributed by atoms with Crippen molar-refractivity contribution in [3.63, 3.8) is 0 Å². The number of hydrogen-bond acceptors (Lipinski definition) is 4. The molecule has 0 fully saturated rings. The van der Waals surface area contributed by atoms with Crippen molar-refractivity contribution in [1.29, 1.82) is 0 Å². The molecule has 15 heavy (non-hydrogen) atoms. The average molecular weight is 221 g/mol. The Morgan fingerprint density at radius 2 is 2.40 bits per heavy atom. The SMILES string of the molecule is CCCc1noc(-c2cc[nH]c(=S)c2)n1. The second-order valence-corrected chi connectivity index (χ2v) is 3.65. The van der Waals surface area contributed by atoms with E-state index >= 15 is 0 Å². The summed E-state index contributed by atoms with van der Waals surface area (Å²) in [6.07, 6.45) is 3.61. The minimum Gasteiger partial charge on any atom is -0.353 e. The van der Waals surface area contributed by atoms with Gasteiger partial charge in [0.1, 0.15) is 4.64 Å². The van der Waals surface area contributed by atoms with E-state index in [0.717, 1.165) is 24.2 Å². The maximum absolute atomic E-state index is 5.14. The van der Waals surface area contributed by atoms with Crippen molar-refractivity contribution in [2.75, 3.05) is 0 Å². The van der Waals surface area contributed by atoms with E-state index in [1.54, 1.807) is 12.3 Å². The molecule has 0 aliphatic heterocycles. The maximum atomic E-state index is 5.14. The first kappa shape index (κ1) is 10.0. The molecule has 0 spiro atoms. The van der Waals surface area contributed by atoms with Crippen LogP contribution in [0.2, 0.25) is 0 Å². The molecule has 2 heterocycles. The summed E-state index contributed by atoms with van der Waals surface area (Å²) in [5, 5.41) is 3.88. The molecule has 1 N–H and O–H groups in total. The van der Waals surface area contributed by atoms with Crippen LogP contribution in [-0.2, 0) is 6.42 Å². The number of pyridine rings is 1. The summed E-state index contributed by atoms with van der Waals surface area (Å²) in [5.41, 5.74) is 0.855. The highest BCUT2D eigenvalue weighted by atomic mass is 32.1. The van der Waals surface area contributed by atoms with Crippen LogP contribution in [0.5, 0.6) is 0 Å². The Hall–Kier alpha value is -1.49. The van der Waals surface area contributed by atoms with Gasteiger partial charge in [-0.25, -0.2) is 0 Å². The van der Waals surface area contributed by atoms with Crippen molar-refractivity contribution < 1.29 is 4.52 Å². The predicted octanol–water partition coefficient (Wildman–Crippen LogP) is 2.75. The number of aryl methyl sites for hydroxylation is 1. The van der Waals surface area contributed by atoms with Crippen LogP contribution < -0.4 is 0 Å². The van der Waals surface area contributed by atoms with Gasteiger partial charge in [-0.3, -0.25) is 0 Å². The van der Waals surface area contributed by atoms with Crippen LogP contribution in [0.1, 0.15) is 19.2 Å².